The van der Waals surface area contributed by atoms with E-state index in [0.29, 0.717) is 33.9 Å². The summed E-state index contributed by atoms with van der Waals surface area (Å²) in [5.41, 5.74) is 5.69. The molecule has 2 aliphatic rings. The molecule has 3 heterocycles. The normalized spacial score (nSPS) is 22.8. The molecule has 1 amide bonds. The minimum atomic E-state index is -1.17. The molecule has 1 unspecified atom stereocenters. The summed E-state index contributed by atoms with van der Waals surface area (Å²) in [6.45, 7) is 3.82. The lowest BCUT2D eigenvalue weighted by Crippen LogP contribution is -2.49. The van der Waals surface area contributed by atoms with Crippen LogP contribution in [0.1, 0.15) is 25.8 Å². The number of benzene rings is 1. The smallest absolute Gasteiger partial charge is 0.261 e. The molecule has 0 bridgehead atoms. The molecule has 2 aromatic rings. The van der Waals surface area contributed by atoms with Gasteiger partial charge in [0.15, 0.2) is 11.5 Å². The van der Waals surface area contributed by atoms with Gasteiger partial charge >= 0.3 is 0 Å². The number of nitrogens with zero attached hydrogens (tertiary/aromatic N) is 3. The molecule has 0 aliphatic carbocycles. The zero-order valence-electron chi connectivity index (χ0n) is 16.1. The van der Waals surface area contributed by atoms with Gasteiger partial charge in [-0.05, 0) is 37.6 Å². The van der Waals surface area contributed by atoms with Crippen LogP contribution in [0, 0.1) is 0 Å². The van der Waals surface area contributed by atoms with Crippen LogP contribution in [0.3, 0.4) is 0 Å². The van der Waals surface area contributed by atoms with Gasteiger partial charge in [0.2, 0.25) is 0 Å². The number of pyridine rings is 1. The molecule has 1 atom stereocenters. The van der Waals surface area contributed by atoms with Gasteiger partial charge in [-0.25, -0.2) is 4.99 Å². The van der Waals surface area contributed by atoms with E-state index in [1.807, 2.05) is 13.8 Å². The predicted octanol–water partition coefficient (Wildman–Crippen LogP) is 2.25. The maximum Gasteiger partial charge on any atom is 0.261 e. The summed E-state index contributed by atoms with van der Waals surface area (Å²) in [4.78, 5) is 31.7. The molecule has 2 N–H and O–H groups in total. The fraction of sp³-hybridized carbons (Fsp3) is 0.350. The van der Waals surface area contributed by atoms with Crippen LogP contribution in [-0.2, 0) is 17.4 Å². The number of carbonyl (C=O) groups excluding carboxylic acids is 1. The standard InChI is InChI=1S/C20H21ClN4O3/c1-19(2)10-20(17(27)25(4)18(22)23-20)14-7-11(5-6-15(14)28-19)13-8-12(21)9-24(3)16(13)26/h5-9H,10H2,1-4H3,(H2,22,23). The van der Waals surface area contributed by atoms with Crippen molar-refractivity contribution in [3.8, 4) is 16.9 Å². The summed E-state index contributed by atoms with van der Waals surface area (Å²) >= 11 is 6.15. The summed E-state index contributed by atoms with van der Waals surface area (Å²) in [6.07, 6.45) is 1.90. The fourth-order valence-electron chi connectivity index (χ4n) is 4.02. The highest BCUT2D eigenvalue weighted by Crippen LogP contribution is 2.49. The monoisotopic (exact) mass is 400 g/mol. The molecule has 4 rings (SSSR count). The zero-order chi connectivity index (χ0) is 20.4. The number of fused-ring (bicyclic) bond motifs is 2. The van der Waals surface area contributed by atoms with Crippen LogP contribution < -0.4 is 16.0 Å². The van der Waals surface area contributed by atoms with Gasteiger partial charge in [0.25, 0.3) is 11.5 Å². The van der Waals surface area contributed by atoms with Crippen molar-refractivity contribution in [2.75, 3.05) is 7.05 Å². The Labute approximate surface area is 167 Å². The third-order valence-electron chi connectivity index (χ3n) is 5.26. The summed E-state index contributed by atoms with van der Waals surface area (Å²) in [7, 11) is 3.25. The number of aliphatic imine (C=N–C) groups is 1. The number of aryl methyl sites for hydroxylation is 1. The first-order valence-electron chi connectivity index (χ1n) is 8.88. The molecule has 0 saturated heterocycles. The first-order valence-corrected chi connectivity index (χ1v) is 9.25. The van der Waals surface area contributed by atoms with E-state index in [1.54, 1.807) is 44.6 Å². The number of aromatic nitrogens is 1. The van der Waals surface area contributed by atoms with E-state index in [4.69, 9.17) is 22.1 Å². The lowest BCUT2D eigenvalue weighted by Gasteiger charge is -2.41. The maximum absolute atomic E-state index is 13.2. The lowest BCUT2D eigenvalue weighted by atomic mass is 9.77. The van der Waals surface area contributed by atoms with Crippen molar-refractivity contribution in [3.63, 3.8) is 0 Å². The number of halogens is 1. The number of amides is 1. The Hall–Kier alpha value is -2.80. The van der Waals surface area contributed by atoms with Crippen molar-refractivity contribution >= 4 is 23.5 Å². The third-order valence-corrected chi connectivity index (χ3v) is 5.47. The average molecular weight is 401 g/mol. The van der Waals surface area contributed by atoms with Gasteiger partial charge in [0, 0.05) is 37.8 Å². The molecule has 146 valence electrons. The van der Waals surface area contributed by atoms with Crippen molar-refractivity contribution in [1.82, 2.24) is 9.47 Å². The Balaban J connectivity index is 1.97. The van der Waals surface area contributed by atoms with Gasteiger partial charge in [-0.2, -0.15) is 0 Å². The van der Waals surface area contributed by atoms with Crippen molar-refractivity contribution in [2.24, 2.45) is 17.8 Å². The first-order chi connectivity index (χ1) is 13.0. The molecule has 0 radical (unpaired) electrons. The van der Waals surface area contributed by atoms with Gasteiger partial charge in [0.1, 0.15) is 11.4 Å². The summed E-state index contributed by atoms with van der Waals surface area (Å²) in [5.74, 6) is 0.510. The SMILES string of the molecule is CN1C(=O)C2(CC(C)(C)Oc3ccc(-c4cc(Cl)cn(C)c4=O)cc32)N=C1N. The minimum Gasteiger partial charge on any atom is -0.487 e. The first kappa shape index (κ1) is 18.6. The van der Waals surface area contributed by atoms with Crippen molar-refractivity contribution in [2.45, 2.75) is 31.4 Å². The number of rotatable bonds is 1. The van der Waals surface area contributed by atoms with Gasteiger partial charge in [-0.15, -0.1) is 0 Å². The Morgan fingerprint density at radius 1 is 1.21 bits per heavy atom. The van der Waals surface area contributed by atoms with E-state index >= 15 is 0 Å². The van der Waals surface area contributed by atoms with E-state index in [2.05, 4.69) is 4.99 Å². The van der Waals surface area contributed by atoms with Crippen LogP contribution in [-0.4, -0.2) is 34.0 Å². The van der Waals surface area contributed by atoms with E-state index in [1.165, 1.54) is 9.47 Å². The molecule has 8 heteroatoms. The quantitative estimate of drug-likeness (QED) is 0.794. The van der Waals surface area contributed by atoms with E-state index in [0.717, 1.165) is 0 Å². The lowest BCUT2D eigenvalue weighted by molar-refractivity contribution is -0.133. The summed E-state index contributed by atoms with van der Waals surface area (Å²) < 4.78 is 7.53. The Morgan fingerprint density at radius 2 is 1.93 bits per heavy atom. The van der Waals surface area contributed by atoms with E-state index in [-0.39, 0.29) is 17.4 Å². The molecule has 7 nitrogen and oxygen atoms in total. The predicted molar refractivity (Wildman–Crippen MR) is 108 cm³/mol. The molecule has 1 aromatic heterocycles. The van der Waals surface area contributed by atoms with Gasteiger partial charge in [-0.1, -0.05) is 17.7 Å². The molecule has 2 aliphatic heterocycles. The number of hydrogen-bond acceptors (Lipinski definition) is 5. The molecular formula is C20H21ClN4O3. The summed E-state index contributed by atoms with van der Waals surface area (Å²) in [6, 6.07) is 6.96. The van der Waals surface area contributed by atoms with Gasteiger partial charge in [-0.3, -0.25) is 14.5 Å². The Bertz CT molecular complexity index is 1110. The molecule has 1 spiro atoms. The molecule has 0 fully saturated rings. The van der Waals surface area contributed by atoms with Crippen LogP contribution in [0.5, 0.6) is 5.75 Å². The number of guanidine groups is 1. The highest BCUT2D eigenvalue weighted by molar-refractivity contribution is 6.30. The Kier molecular flexibility index (Phi) is 3.88. The minimum absolute atomic E-state index is 0.165. The fourth-order valence-corrected chi connectivity index (χ4v) is 4.28. The Morgan fingerprint density at radius 3 is 2.57 bits per heavy atom. The van der Waals surface area contributed by atoms with E-state index < -0.39 is 11.1 Å². The number of carbonyl (C=O) groups is 1. The zero-order valence-corrected chi connectivity index (χ0v) is 16.9. The number of ether oxygens (including phenoxy) is 1. The largest absolute Gasteiger partial charge is 0.487 e. The second-order valence-corrected chi connectivity index (χ2v) is 8.37. The molecule has 28 heavy (non-hydrogen) atoms. The van der Waals surface area contributed by atoms with Crippen LogP contribution in [0.2, 0.25) is 5.02 Å². The topological polar surface area (TPSA) is 89.9 Å². The highest BCUT2D eigenvalue weighted by atomic mass is 35.5. The van der Waals surface area contributed by atoms with Crippen molar-refractivity contribution in [3.05, 3.63) is 51.4 Å². The van der Waals surface area contributed by atoms with E-state index in [9.17, 15) is 9.59 Å². The van der Waals surface area contributed by atoms with Crippen molar-refractivity contribution in [1.29, 1.82) is 0 Å². The average Bonchev–Trinajstić information content (AvgIpc) is 2.81. The summed E-state index contributed by atoms with van der Waals surface area (Å²) in [5, 5.41) is 0.445. The van der Waals surface area contributed by atoms with Crippen LogP contribution >= 0.6 is 11.6 Å². The van der Waals surface area contributed by atoms with Gasteiger partial charge < -0.3 is 15.0 Å². The maximum atomic E-state index is 13.2. The molecular weight excluding hydrogens is 380 g/mol. The van der Waals surface area contributed by atoms with Crippen LogP contribution in [0.15, 0.2) is 40.2 Å². The van der Waals surface area contributed by atoms with Crippen molar-refractivity contribution < 1.29 is 9.53 Å². The second kappa shape index (κ2) is 5.85. The number of nitrogens with two attached hydrogens (primary N) is 1. The molecule has 0 saturated carbocycles. The van der Waals surface area contributed by atoms with Crippen LogP contribution in [0.25, 0.3) is 11.1 Å². The third kappa shape index (κ3) is 2.61. The number of likely N-dealkylation sites (N-methyl/N-ethyl adjacent to an activating group) is 1. The highest BCUT2D eigenvalue weighted by Gasteiger charge is 2.55. The van der Waals surface area contributed by atoms with Crippen LogP contribution in [0.4, 0.5) is 0 Å². The van der Waals surface area contributed by atoms with Gasteiger partial charge in [0.05, 0.1) is 5.02 Å². The second-order valence-electron chi connectivity index (χ2n) is 7.93. The number of hydrogen-bond donors (Lipinski definition) is 1. The molecule has 1 aromatic carbocycles.